The van der Waals surface area contributed by atoms with E-state index in [1.165, 1.54) is 5.69 Å². The molecule has 0 bridgehead atoms. The minimum atomic E-state index is 1.05. The van der Waals surface area contributed by atoms with Crippen LogP contribution in [0.15, 0.2) is 42.7 Å². The van der Waals surface area contributed by atoms with Gasteiger partial charge in [-0.3, -0.25) is 0 Å². The predicted octanol–water partition coefficient (Wildman–Crippen LogP) is 1.28. The number of rotatable bonds is 2. The highest BCUT2D eigenvalue weighted by Gasteiger charge is 2.12. The van der Waals surface area contributed by atoms with Crippen LogP contribution in [-0.4, -0.2) is 36.0 Å². The first kappa shape index (κ1) is 10.4. The minimum absolute atomic E-state index is 1.05. The molecule has 1 fully saturated rings. The summed E-state index contributed by atoms with van der Waals surface area (Å²) in [4.78, 5) is 2.36. The van der Waals surface area contributed by atoms with Crippen molar-refractivity contribution in [2.75, 3.05) is 31.1 Å². The number of aromatic nitrogens is 2. The first-order valence-corrected chi connectivity index (χ1v) is 5.99. The molecule has 4 nitrogen and oxygen atoms in total. The van der Waals surface area contributed by atoms with Crippen molar-refractivity contribution in [1.29, 1.82) is 0 Å². The Kier molecular flexibility index (Phi) is 2.80. The van der Waals surface area contributed by atoms with E-state index in [1.807, 2.05) is 29.1 Å². The molecule has 1 aromatic heterocycles. The smallest absolute Gasteiger partial charge is 0.0758 e. The average molecular weight is 228 g/mol. The third-order valence-electron chi connectivity index (χ3n) is 3.07. The number of anilines is 1. The Balaban J connectivity index is 1.83. The monoisotopic (exact) mass is 228 g/mol. The lowest BCUT2D eigenvalue weighted by Gasteiger charge is -2.27. The van der Waals surface area contributed by atoms with Gasteiger partial charge in [-0.05, 0) is 12.1 Å². The lowest BCUT2D eigenvalue weighted by atomic mass is 10.3. The summed E-state index contributed by atoms with van der Waals surface area (Å²) in [6, 6.07) is 10.2. The Morgan fingerprint density at radius 2 is 1.76 bits per heavy atom. The van der Waals surface area contributed by atoms with E-state index in [4.69, 9.17) is 0 Å². The largest absolute Gasteiger partial charge is 0.366 e. The second-order valence-electron chi connectivity index (χ2n) is 4.22. The molecular weight excluding hydrogens is 212 g/mol. The average Bonchev–Trinajstić information content (AvgIpc) is 2.90. The van der Waals surface area contributed by atoms with Crippen LogP contribution in [0.4, 0.5) is 5.69 Å². The van der Waals surface area contributed by atoms with E-state index in [0.29, 0.717) is 0 Å². The van der Waals surface area contributed by atoms with Crippen molar-refractivity contribution in [1.82, 2.24) is 15.1 Å². The molecule has 2 heterocycles. The van der Waals surface area contributed by atoms with Crippen LogP contribution in [0, 0.1) is 0 Å². The summed E-state index contributed by atoms with van der Waals surface area (Å²) in [6.45, 7) is 4.22. The van der Waals surface area contributed by atoms with E-state index in [-0.39, 0.29) is 0 Å². The molecule has 0 unspecified atom stereocenters. The predicted molar refractivity (Wildman–Crippen MR) is 68.6 cm³/mol. The molecule has 0 amide bonds. The highest BCUT2D eigenvalue weighted by Crippen LogP contribution is 2.16. The molecule has 1 aliphatic heterocycles. The summed E-state index contributed by atoms with van der Waals surface area (Å²) in [6.07, 6.45) is 4.04. The lowest BCUT2D eigenvalue weighted by Crippen LogP contribution is -2.43. The van der Waals surface area contributed by atoms with Crippen LogP contribution in [-0.2, 0) is 0 Å². The number of para-hydroxylation sites is 1. The van der Waals surface area contributed by atoms with Gasteiger partial charge in [0.2, 0.25) is 0 Å². The third kappa shape index (κ3) is 2.17. The third-order valence-corrected chi connectivity index (χ3v) is 3.07. The van der Waals surface area contributed by atoms with E-state index in [1.54, 1.807) is 0 Å². The number of hydrogen-bond acceptors (Lipinski definition) is 3. The molecule has 4 heteroatoms. The number of piperazine rings is 1. The summed E-state index contributed by atoms with van der Waals surface area (Å²) in [5.74, 6) is 0. The first-order valence-electron chi connectivity index (χ1n) is 5.99. The Bertz CT molecular complexity index is 471. The Hall–Kier alpha value is -1.81. The van der Waals surface area contributed by atoms with Gasteiger partial charge in [0, 0.05) is 26.2 Å². The summed E-state index contributed by atoms with van der Waals surface area (Å²) in [5.41, 5.74) is 2.31. The van der Waals surface area contributed by atoms with Crippen LogP contribution in [0.3, 0.4) is 0 Å². The summed E-state index contributed by atoms with van der Waals surface area (Å²) >= 11 is 0. The molecule has 1 saturated heterocycles. The molecule has 0 saturated carbocycles. The summed E-state index contributed by atoms with van der Waals surface area (Å²) in [7, 11) is 0. The van der Waals surface area contributed by atoms with Crippen LogP contribution in [0.5, 0.6) is 0 Å². The second-order valence-corrected chi connectivity index (χ2v) is 4.22. The Labute approximate surface area is 101 Å². The highest BCUT2D eigenvalue weighted by molar-refractivity contribution is 5.45. The van der Waals surface area contributed by atoms with Crippen molar-refractivity contribution in [3.05, 3.63) is 42.7 Å². The van der Waals surface area contributed by atoms with Crippen LogP contribution < -0.4 is 10.2 Å². The highest BCUT2D eigenvalue weighted by atomic mass is 15.3. The second kappa shape index (κ2) is 4.59. The number of nitrogens with one attached hydrogen (secondary N) is 1. The molecule has 17 heavy (non-hydrogen) atoms. The van der Waals surface area contributed by atoms with Gasteiger partial charge in [0.05, 0.1) is 23.8 Å². The van der Waals surface area contributed by atoms with Gasteiger partial charge in [0.25, 0.3) is 0 Å². The van der Waals surface area contributed by atoms with Gasteiger partial charge in [-0.2, -0.15) is 5.10 Å². The van der Waals surface area contributed by atoms with E-state index < -0.39 is 0 Å². The molecule has 1 aromatic carbocycles. The van der Waals surface area contributed by atoms with Crippen molar-refractivity contribution in [2.45, 2.75) is 0 Å². The van der Waals surface area contributed by atoms with Crippen molar-refractivity contribution < 1.29 is 0 Å². The topological polar surface area (TPSA) is 33.1 Å². The number of hydrogen-bond donors (Lipinski definition) is 1. The van der Waals surface area contributed by atoms with Gasteiger partial charge in [-0.25, -0.2) is 4.68 Å². The molecule has 3 rings (SSSR count). The first-order chi connectivity index (χ1) is 8.43. The fourth-order valence-electron chi connectivity index (χ4n) is 2.12. The Morgan fingerprint density at radius 1 is 1.00 bits per heavy atom. The fourth-order valence-corrected chi connectivity index (χ4v) is 2.12. The normalized spacial score (nSPS) is 16.1. The van der Waals surface area contributed by atoms with Crippen molar-refractivity contribution in [2.24, 2.45) is 0 Å². The van der Waals surface area contributed by atoms with E-state index in [0.717, 1.165) is 31.9 Å². The molecule has 88 valence electrons. The van der Waals surface area contributed by atoms with E-state index >= 15 is 0 Å². The van der Waals surface area contributed by atoms with E-state index in [9.17, 15) is 0 Å². The standard InChI is InChI=1S/C13H16N4/c1-2-4-12(5-3-1)17-11-13(10-15-17)16-8-6-14-7-9-16/h1-5,10-11,14H,6-9H2. The zero-order valence-corrected chi connectivity index (χ0v) is 9.71. The molecule has 0 aliphatic carbocycles. The van der Waals surface area contributed by atoms with Crippen LogP contribution in [0.25, 0.3) is 5.69 Å². The van der Waals surface area contributed by atoms with Gasteiger partial charge < -0.3 is 10.2 Å². The van der Waals surface area contributed by atoms with Crippen molar-refractivity contribution >= 4 is 5.69 Å². The van der Waals surface area contributed by atoms with Crippen LogP contribution >= 0.6 is 0 Å². The van der Waals surface area contributed by atoms with Gasteiger partial charge >= 0.3 is 0 Å². The fraction of sp³-hybridized carbons (Fsp3) is 0.308. The van der Waals surface area contributed by atoms with Crippen LogP contribution in [0.2, 0.25) is 0 Å². The van der Waals surface area contributed by atoms with E-state index in [2.05, 4.69) is 33.6 Å². The van der Waals surface area contributed by atoms with Gasteiger partial charge in [0.15, 0.2) is 0 Å². The quantitative estimate of drug-likeness (QED) is 0.840. The van der Waals surface area contributed by atoms with Crippen molar-refractivity contribution in [3.63, 3.8) is 0 Å². The zero-order chi connectivity index (χ0) is 11.5. The summed E-state index contributed by atoms with van der Waals surface area (Å²) < 4.78 is 1.93. The molecule has 0 radical (unpaired) electrons. The SMILES string of the molecule is c1ccc(-n2cc(N3CCNCC3)cn2)cc1. The molecule has 1 aliphatic rings. The molecule has 0 spiro atoms. The maximum atomic E-state index is 4.42. The zero-order valence-electron chi connectivity index (χ0n) is 9.71. The minimum Gasteiger partial charge on any atom is -0.366 e. The van der Waals surface area contributed by atoms with Gasteiger partial charge in [-0.1, -0.05) is 18.2 Å². The van der Waals surface area contributed by atoms with Crippen LogP contribution in [0.1, 0.15) is 0 Å². The molecule has 0 atom stereocenters. The maximum absolute atomic E-state index is 4.42. The molecule has 1 N–H and O–H groups in total. The number of benzene rings is 1. The lowest BCUT2D eigenvalue weighted by molar-refractivity contribution is 0.589. The molecule has 2 aromatic rings. The van der Waals surface area contributed by atoms with Crippen molar-refractivity contribution in [3.8, 4) is 5.69 Å². The Morgan fingerprint density at radius 3 is 2.53 bits per heavy atom. The van der Waals surface area contributed by atoms with Gasteiger partial charge in [-0.15, -0.1) is 0 Å². The summed E-state index contributed by atoms with van der Waals surface area (Å²) in [5, 5.41) is 7.77. The molecular formula is C13H16N4. The van der Waals surface area contributed by atoms with Gasteiger partial charge in [0.1, 0.15) is 0 Å². The number of nitrogens with zero attached hydrogens (tertiary/aromatic N) is 3. The maximum Gasteiger partial charge on any atom is 0.0758 e.